The predicted octanol–water partition coefficient (Wildman–Crippen LogP) is 17.2. The van der Waals surface area contributed by atoms with Gasteiger partial charge in [0.05, 0.1) is 39.0 Å². The van der Waals surface area contributed by atoms with Gasteiger partial charge >= 0.3 is 24.7 Å². The Labute approximate surface area is 399 Å². The van der Waals surface area contributed by atoms with Crippen molar-refractivity contribution in [3.8, 4) is 73.2 Å². The molecule has 10 rings (SSSR count). The lowest BCUT2D eigenvalue weighted by Crippen LogP contribution is -2.11. The van der Waals surface area contributed by atoms with Crippen molar-refractivity contribution in [3.63, 3.8) is 0 Å². The number of hydrogen-bond acceptors (Lipinski definition) is 3. The van der Waals surface area contributed by atoms with Crippen molar-refractivity contribution in [2.75, 3.05) is 0 Å². The SMILES string of the molecule is Fc1ccccc1-c1ccc(-c2nc(-c3ccccc3)nc(-c3ccccc3)n2)cc1-n1c2cc(-c3cc(C(F)(F)F)cc(C(F)(F)F)c3)ccc2c2ccc(-c3cc(C(F)(F)F)cc(C(F)(F)F)c3)cc21. The van der Waals surface area contributed by atoms with E-state index in [1.807, 2.05) is 0 Å². The molecule has 17 heteroatoms. The summed E-state index contributed by atoms with van der Waals surface area (Å²) < 4.78 is 188. The number of fused-ring (bicyclic) bond motifs is 3. The molecule has 0 fully saturated rings. The highest BCUT2D eigenvalue weighted by Crippen LogP contribution is 2.45. The highest BCUT2D eigenvalue weighted by atomic mass is 19.4. The Hall–Kier alpha value is -8.34. The quantitative estimate of drug-likeness (QED) is 0.149. The Bertz CT molecular complexity index is 3450. The second kappa shape index (κ2) is 17.5. The monoisotopic (exact) mass is 992 g/mol. The van der Waals surface area contributed by atoms with Gasteiger partial charge in [-0.05, 0) is 82.9 Å². The van der Waals surface area contributed by atoms with E-state index in [0.717, 1.165) is 0 Å². The second-order valence-corrected chi connectivity index (χ2v) is 16.6. The van der Waals surface area contributed by atoms with E-state index in [0.29, 0.717) is 46.2 Å². The minimum absolute atomic E-state index is 0.00681. The summed E-state index contributed by atoms with van der Waals surface area (Å²) in [6.45, 7) is 0. The first-order valence-electron chi connectivity index (χ1n) is 21.5. The molecule has 0 aliphatic carbocycles. The van der Waals surface area contributed by atoms with Crippen molar-refractivity contribution in [1.82, 2.24) is 19.5 Å². The van der Waals surface area contributed by atoms with Crippen LogP contribution in [0.2, 0.25) is 0 Å². The fourth-order valence-electron chi connectivity index (χ4n) is 8.58. The zero-order valence-electron chi connectivity index (χ0n) is 36.4. The van der Waals surface area contributed by atoms with Gasteiger partial charge in [-0.2, -0.15) is 52.7 Å². The topological polar surface area (TPSA) is 43.6 Å². The van der Waals surface area contributed by atoms with Crippen molar-refractivity contribution in [1.29, 1.82) is 0 Å². The van der Waals surface area contributed by atoms with Crippen molar-refractivity contribution < 1.29 is 57.1 Å². The summed E-state index contributed by atoms with van der Waals surface area (Å²) in [7, 11) is 0. The van der Waals surface area contributed by atoms with Gasteiger partial charge in [0.15, 0.2) is 17.5 Å². The molecule has 360 valence electrons. The van der Waals surface area contributed by atoms with Gasteiger partial charge in [0.1, 0.15) is 5.82 Å². The van der Waals surface area contributed by atoms with Gasteiger partial charge in [-0.1, -0.05) is 115 Å². The van der Waals surface area contributed by atoms with Gasteiger partial charge in [-0.25, -0.2) is 19.3 Å². The van der Waals surface area contributed by atoms with Crippen molar-refractivity contribution in [3.05, 3.63) is 204 Å². The van der Waals surface area contributed by atoms with E-state index < -0.39 is 63.9 Å². The van der Waals surface area contributed by atoms with E-state index in [1.165, 1.54) is 65.2 Å². The first-order valence-corrected chi connectivity index (χ1v) is 21.5. The fraction of sp³-hybridized carbons (Fsp3) is 0.0727. The molecule has 4 nitrogen and oxygen atoms in total. The van der Waals surface area contributed by atoms with Gasteiger partial charge in [0.25, 0.3) is 0 Å². The molecule has 0 amide bonds. The van der Waals surface area contributed by atoms with Gasteiger partial charge in [-0.15, -0.1) is 0 Å². The molecule has 2 heterocycles. The number of rotatable bonds is 7. The van der Waals surface area contributed by atoms with Crippen LogP contribution in [0.1, 0.15) is 22.3 Å². The Morgan fingerprint density at radius 1 is 0.306 bits per heavy atom. The van der Waals surface area contributed by atoms with Crippen LogP contribution in [0.25, 0.3) is 95.0 Å². The molecule has 0 N–H and O–H groups in total. The standard InChI is InChI=1S/C55H29F13N4/c56-45-14-8-7-13-41(45)42-20-17-34(51-70-49(30-9-3-1-4-10-30)69-50(71-51)31-11-5-2-6-12-31)27-48(42)72-46-25-32(35-21-37(52(57,58)59)28-38(22-35)53(60,61)62)15-18-43(46)44-19-16-33(26-47(44)72)36-23-39(54(63,64)65)29-40(24-36)55(66,67)68/h1-29H. The average Bonchev–Trinajstić information content (AvgIpc) is 3.68. The van der Waals surface area contributed by atoms with Crippen LogP contribution < -0.4 is 0 Å². The number of hydrogen-bond donors (Lipinski definition) is 0. The Kier molecular flexibility index (Phi) is 11.5. The normalized spacial score (nSPS) is 12.5. The van der Waals surface area contributed by atoms with E-state index in [9.17, 15) is 52.7 Å². The molecule has 0 spiro atoms. The molecule has 0 bridgehead atoms. The smallest absolute Gasteiger partial charge is 0.309 e. The number of benzene rings is 8. The van der Waals surface area contributed by atoms with Gasteiger partial charge < -0.3 is 4.57 Å². The molecule has 0 unspecified atom stereocenters. The fourth-order valence-corrected chi connectivity index (χ4v) is 8.58. The molecule has 8 aromatic carbocycles. The molecule has 2 aromatic heterocycles. The molecule has 0 atom stereocenters. The van der Waals surface area contributed by atoms with Gasteiger partial charge in [0, 0.05) is 38.6 Å². The van der Waals surface area contributed by atoms with Crippen LogP contribution in [0.3, 0.4) is 0 Å². The summed E-state index contributed by atoms with van der Waals surface area (Å²) in [5.41, 5.74) is -5.69. The number of aromatic nitrogens is 4. The third-order valence-electron chi connectivity index (χ3n) is 12.0. The van der Waals surface area contributed by atoms with Gasteiger partial charge in [-0.3, -0.25) is 0 Å². The lowest BCUT2D eigenvalue weighted by molar-refractivity contribution is -0.144. The molecule has 72 heavy (non-hydrogen) atoms. The van der Waals surface area contributed by atoms with Crippen LogP contribution in [-0.4, -0.2) is 19.5 Å². The zero-order chi connectivity index (χ0) is 50.9. The summed E-state index contributed by atoms with van der Waals surface area (Å²) >= 11 is 0. The summed E-state index contributed by atoms with van der Waals surface area (Å²) in [5, 5.41) is 0.595. The maximum Gasteiger partial charge on any atom is 0.416 e. The van der Waals surface area contributed by atoms with E-state index in [4.69, 9.17) is 15.0 Å². The molecule has 0 aliphatic heterocycles. The highest BCUT2D eigenvalue weighted by molar-refractivity contribution is 6.12. The molecule has 0 saturated heterocycles. The summed E-state index contributed by atoms with van der Waals surface area (Å²) in [5.74, 6) is -0.120. The Morgan fingerprint density at radius 2 is 0.681 bits per heavy atom. The highest BCUT2D eigenvalue weighted by Gasteiger charge is 2.39. The molecule has 0 radical (unpaired) electrons. The molecule has 0 aliphatic rings. The lowest BCUT2D eigenvalue weighted by Gasteiger charge is -2.18. The number of halogens is 13. The van der Waals surface area contributed by atoms with Crippen molar-refractivity contribution in [2.45, 2.75) is 24.7 Å². The van der Waals surface area contributed by atoms with Crippen molar-refractivity contribution >= 4 is 21.8 Å². The summed E-state index contributed by atoms with van der Waals surface area (Å²) in [6, 6.07) is 38.3. The third-order valence-corrected chi connectivity index (χ3v) is 12.0. The minimum atomic E-state index is -5.20. The maximum absolute atomic E-state index is 16.1. The van der Waals surface area contributed by atoms with Crippen LogP contribution in [0.4, 0.5) is 57.1 Å². The van der Waals surface area contributed by atoms with Crippen LogP contribution in [-0.2, 0) is 24.7 Å². The van der Waals surface area contributed by atoms with E-state index in [2.05, 4.69) is 0 Å². The van der Waals surface area contributed by atoms with Crippen LogP contribution in [0, 0.1) is 5.82 Å². The number of alkyl halides is 12. The van der Waals surface area contributed by atoms with Crippen LogP contribution >= 0.6 is 0 Å². The third kappa shape index (κ3) is 9.13. The van der Waals surface area contributed by atoms with Crippen LogP contribution in [0.5, 0.6) is 0 Å². The summed E-state index contributed by atoms with van der Waals surface area (Å²) in [6.07, 6.45) is -20.8. The van der Waals surface area contributed by atoms with Gasteiger partial charge in [0.2, 0.25) is 0 Å². The molecular weight excluding hydrogens is 964 g/mol. The number of nitrogens with zero attached hydrogens (tertiary/aromatic N) is 4. The van der Waals surface area contributed by atoms with E-state index >= 15 is 4.39 Å². The van der Waals surface area contributed by atoms with E-state index in [-0.39, 0.29) is 74.1 Å². The lowest BCUT2D eigenvalue weighted by atomic mass is 9.97. The minimum Gasteiger partial charge on any atom is -0.309 e. The van der Waals surface area contributed by atoms with E-state index in [1.54, 1.807) is 78.9 Å². The second-order valence-electron chi connectivity index (χ2n) is 16.6. The summed E-state index contributed by atoms with van der Waals surface area (Å²) in [4.78, 5) is 14.4. The molecule has 0 saturated carbocycles. The Morgan fingerprint density at radius 3 is 1.08 bits per heavy atom. The largest absolute Gasteiger partial charge is 0.416 e. The van der Waals surface area contributed by atoms with Crippen LogP contribution in [0.15, 0.2) is 176 Å². The predicted molar refractivity (Wildman–Crippen MR) is 247 cm³/mol. The zero-order valence-corrected chi connectivity index (χ0v) is 36.4. The average molecular weight is 993 g/mol. The Balaban J connectivity index is 1.31. The first-order chi connectivity index (χ1) is 34.1. The molecular formula is C55H29F13N4. The van der Waals surface area contributed by atoms with Crippen molar-refractivity contribution in [2.24, 2.45) is 0 Å². The molecule has 10 aromatic rings. The maximum atomic E-state index is 16.1. The first kappa shape index (κ1) is 47.3.